The molecule has 0 saturated heterocycles. The van der Waals surface area contributed by atoms with Gasteiger partial charge in [-0.3, -0.25) is 10.1 Å². The van der Waals surface area contributed by atoms with Crippen molar-refractivity contribution in [2.24, 2.45) is 0 Å². The topological polar surface area (TPSA) is 59.8 Å². The summed E-state index contributed by atoms with van der Waals surface area (Å²) in [6.07, 6.45) is 0. The molecular weight excluding hydrogens is 156 g/mol. The molecule has 0 aliphatic heterocycles. The van der Waals surface area contributed by atoms with E-state index in [0.29, 0.717) is 0 Å². The summed E-state index contributed by atoms with van der Waals surface area (Å²) in [6, 6.07) is 6.61. The van der Waals surface area contributed by atoms with Gasteiger partial charge in [-0.2, -0.15) is 0 Å². The molecule has 0 aliphatic carbocycles. The molecule has 0 heterocycles. The summed E-state index contributed by atoms with van der Waals surface area (Å²) in [5.41, 5.74) is 1.25. The maximum atomic E-state index is 10.3. The molecule has 1 aromatic carbocycles. The minimum Gasteiger partial charge on any atom is -0.345 e. The van der Waals surface area contributed by atoms with E-state index in [1.807, 2.05) is 12.4 Å². The molecular formula is C8H11N2O2+. The van der Waals surface area contributed by atoms with Crippen LogP contribution in [-0.2, 0) is 6.54 Å². The number of hydrogen-bond acceptors (Lipinski definition) is 2. The van der Waals surface area contributed by atoms with Gasteiger partial charge < -0.3 is 5.32 Å². The fourth-order valence-corrected chi connectivity index (χ4v) is 0.989. The number of nitrogens with zero attached hydrogens (tertiary/aromatic N) is 1. The van der Waals surface area contributed by atoms with Crippen molar-refractivity contribution in [1.82, 2.24) is 0 Å². The Bertz CT molecular complexity index is 269. The first-order valence-corrected chi connectivity index (χ1v) is 3.75. The predicted molar refractivity (Wildman–Crippen MR) is 44.6 cm³/mol. The van der Waals surface area contributed by atoms with Crippen molar-refractivity contribution in [3.63, 3.8) is 0 Å². The molecule has 0 atom stereocenters. The Kier molecular flexibility index (Phi) is 2.76. The quantitative estimate of drug-likeness (QED) is 0.519. The van der Waals surface area contributed by atoms with Crippen LogP contribution in [0.15, 0.2) is 24.3 Å². The first-order chi connectivity index (χ1) is 5.74. The lowest BCUT2D eigenvalue weighted by molar-refractivity contribution is -0.643. The normalized spacial score (nSPS) is 9.75. The number of nitrogens with two attached hydrogens (primary N) is 1. The molecule has 0 radical (unpaired) electrons. The fraction of sp³-hybridized carbons (Fsp3) is 0.250. The van der Waals surface area contributed by atoms with Gasteiger partial charge in [0.1, 0.15) is 6.54 Å². The van der Waals surface area contributed by atoms with Crippen LogP contribution in [0.5, 0.6) is 0 Å². The second kappa shape index (κ2) is 3.82. The van der Waals surface area contributed by atoms with Crippen LogP contribution in [0.3, 0.4) is 0 Å². The zero-order valence-corrected chi connectivity index (χ0v) is 6.86. The number of benzene rings is 1. The van der Waals surface area contributed by atoms with Crippen LogP contribution >= 0.6 is 0 Å². The first kappa shape index (κ1) is 8.67. The Labute approximate surface area is 70.4 Å². The monoisotopic (exact) mass is 167 g/mol. The lowest BCUT2D eigenvalue weighted by Crippen LogP contribution is -2.77. The van der Waals surface area contributed by atoms with Gasteiger partial charge in [0.15, 0.2) is 0 Å². The Balaban J connectivity index is 2.78. The third kappa shape index (κ3) is 2.03. The molecule has 0 unspecified atom stereocenters. The largest absolute Gasteiger partial charge is 0.345 e. The molecule has 64 valence electrons. The number of nitro groups is 1. The van der Waals surface area contributed by atoms with Gasteiger partial charge >= 0.3 is 0 Å². The SMILES string of the molecule is C[NH2+]Cc1ccc([N+](=O)[O-])cc1. The molecule has 0 saturated carbocycles. The second-order valence-corrected chi connectivity index (χ2v) is 2.54. The fourth-order valence-electron chi connectivity index (χ4n) is 0.989. The summed E-state index contributed by atoms with van der Waals surface area (Å²) >= 11 is 0. The van der Waals surface area contributed by atoms with Gasteiger partial charge in [0.05, 0.1) is 12.0 Å². The van der Waals surface area contributed by atoms with Gasteiger partial charge in [-0.05, 0) is 12.1 Å². The van der Waals surface area contributed by atoms with Gasteiger partial charge in [-0.1, -0.05) is 0 Å². The van der Waals surface area contributed by atoms with Crippen LogP contribution in [-0.4, -0.2) is 12.0 Å². The predicted octanol–water partition coefficient (Wildman–Crippen LogP) is 0.288. The van der Waals surface area contributed by atoms with Gasteiger partial charge in [0.25, 0.3) is 5.69 Å². The van der Waals surface area contributed by atoms with Gasteiger partial charge in [0, 0.05) is 17.7 Å². The molecule has 2 N–H and O–H groups in total. The average molecular weight is 167 g/mol. The van der Waals surface area contributed by atoms with Gasteiger partial charge in [0.2, 0.25) is 0 Å². The maximum Gasteiger partial charge on any atom is 0.269 e. The Morgan fingerprint density at radius 3 is 2.42 bits per heavy atom. The van der Waals surface area contributed by atoms with E-state index in [1.54, 1.807) is 12.1 Å². The van der Waals surface area contributed by atoms with Crippen LogP contribution in [0.25, 0.3) is 0 Å². The van der Waals surface area contributed by atoms with Crippen molar-refractivity contribution in [3.05, 3.63) is 39.9 Å². The molecule has 0 bridgehead atoms. The maximum absolute atomic E-state index is 10.3. The van der Waals surface area contributed by atoms with E-state index in [0.717, 1.165) is 12.1 Å². The number of non-ortho nitro benzene ring substituents is 1. The molecule has 1 rings (SSSR count). The van der Waals surface area contributed by atoms with E-state index >= 15 is 0 Å². The molecule has 0 aromatic heterocycles. The first-order valence-electron chi connectivity index (χ1n) is 3.75. The van der Waals surface area contributed by atoms with Crippen LogP contribution in [0.1, 0.15) is 5.56 Å². The third-order valence-corrected chi connectivity index (χ3v) is 1.59. The van der Waals surface area contributed by atoms with Crippen molar-refractivity contribution in [3.8, 4) is 0 Å². The summed E-state index contributed by atoms with van der Waals surface area (Å²) in [5.74, 6) is 0. The Morgan fingerprint density at radius 1 is 1.42 bits per heavy atom. The van der Waals surface area contributed by atoms with Gasteiger partial charge in [-0.25, -0.2) is 0 Å². The highest BCUT2D eigenvalue weighted by Crippen LogP contribution is 2.10. The summed E-state index contributed by atoms with van der Waals surface area (Å²) in [5, 5.41) is 12.3. The molecule has 0 spiro atoms. The smallest absolute Gasteiger partial charge is 0.269 e. The lowest BCUT2D eigenvalue weighted by atomic mass is 10.2. The second-order valence-electron chi connectivity index (χ2n) is 2.54. The van der Waals surface area contributed by atoms with Gasteiger partial charge in [-0.15, -0.1) is 0 Å². The highest BCUT2D eigenvalue weighted by Gasteiger charge is 2.03. The highest BCUT2D eigenvalue weighted by molar-refractivity contribution is 5.32. The van der Waals surface area contributed by atoms with E-state index in [1.165, 1.54) is 12.1 Å². The van der Waals surface area contributed by atoms with Crippen molar-refractivity contribution < 1.29 is 10.2 Å². The van der Waals surface area contributed by atoms with E-state index in [-0.39, 0.29) is 10.6 Å². The van der Waals surface area contributed by atoms with Crippen molar-refractivity contribution in [2.45, 2.75) is 6.54 Å². The lowest BCUT2D eigenvalue weighted by Gasteiger charge is -1.95. The number of hydrogen-bond donors (Lipinski definition) is 1. The van der Waals surface area contributed by atoms with Crippen LogP contribution in [0.4, 0.5) is 5.69 Å². The minimum absolute atomic E-state index is 0.148. The number of rotatable bonds is 3. The Morgan fingerprint density at radius 2 is 2.00 bits per heavy atom. The van der Waals surface area contributed by atoms with Crippen molar-refractivity contribution >= 4 is 5.69 Å². The Hall–Kier alpha value is -1.42. The average Bonchev–Trinajstić information content (AvgIpc) is 2.06. The molecule has 0 fully saturated rings. The third-order valence-electron chi connectivity index (χ3n) is 1.59. The summed E-state index contributed by atoms with van der Waals surface area (Å²) < 4.78 is 0. The molecule has 0 amide bonds. The van der Waals surface area contributed by atoms with Crippen molar-refractivity contribution in [2.75, 3.05) is 7.05 Å². The highest BCUT2D eigenvalue weighted by atomic mass is 16.6. The van der Waals surface area contributed by atoms with Crippen LogP contribution in [0, 0.1) is 10.1 Å². The standard InChI is InChI=1S/C8H10N2O2/c1-9-6-7-2-4-8(5-3-7)10(11)12/h2-5,9H,6H2,1H3/p+1. The summed E-state index contributed by atoms with van der Waals surface area (Å²) in [4.78, 5) is 9.88. The van der Waals surface area contributed by atoms with Crippen molar-refractivity contribution in [1.29, 1.82) is 0 Å². The summed E-state index contributed by atoms with van der Waals surface area (Å²) in [6.45, 7) is 0.859. The number of nitro benzene ring substituents is 1. The number of quaternary nitrogens is 1. The van der Waals surface area contributed by atoms with E-state index < -0.39 is 0 Å². The molecule has 4 heteroatoms. The molecule has 1 aromatic rings. The van der Waals surface area contributed by atoms with Crippen LogP contribution < -0.4 is 5.32 Å². The van der Waals surface area contributed by atoms with Crippen LogP contribution in [0.2, 0.25) is 0 Å². The zero-order chi connectivity index (χ0) is 8.97. The molecule has 4 nitrogen and oxygen atoms in total. The summed E-state index contributed by atoms with van der Waals surface area (Å²) in [7, 11) is 1.96. The minimum atomic E-state index is -0.389. The molecule has 12 heavy (non-hydrogen) atoms. The van der Waals surface area contributed by atoms with E-state index in [9.17, 15) is 10.1 Å². The molecule has 0 aliphatic rings. The van der Waals surface area contributed by atoms with E-state index in [2.05, 4.69) is 0 Å². The zero-order valence-electron chi connectivity index (χ0n) is 6.86. The van der Waals surface area contributed by atoms with E-state index in [4.69, 9.17) is 0 Å².